The monoisotopic (exact) mass is 345 g/mol. The summed E-state index contributed by atoms with van der Waals surface area (Å²) in [4.78, 5) is 22.5. The van der Waals surface area contributed by atoms with E-state index in [-0.39, 0.29) is 11.0 Å². The lowest BCUT2D eigenvalue weighted by atomic mass is 9.95. The standard InChI is InChI=1S/C19H24ClN3O/c1-12-6-5-7-15(20)13(12)10-23-9-8-16-14(11-23)17(24)22-18(21-16)19(2,3)4/h5-7H,8-11H2,1-4H3,(H,21,22,24). The van der Waals surface area contributed by atoms with Gasteiger partial charge in [-0.2, -0.15) is 0 Å². The number of nitrogens with zero attached hydrogens (tertiary/aromatic N) is 2. The fourth-order valence-corrected chi connectivity index (χ4v) is 3.34. The zero-order chi connectivity index (χ0) is 17.5. The first-order chi connectivity index (χ1) is 11.3. The van der Waals surface area contributed by atoms with Gasteiger partial charge in [-0.25, -0.2) is 4.98 Å². The number of hydrogen-bond donors (Lipinski definition) is 1. The molecule has 128 valence electrons. The van der Waals surface area contributed by atoms with Crippen molar-refractivity contribution in [1.82, 2.24) is 14.9 Å². The smallest absolute Gasteiger partial charge is 0.255 e. The molecule has 0 amide bonds. The number of nitrogens with one attached hydrogen (secondary N) is 1. The van der Waals surface area contributed by atoms with Crippen molar-refractivity contribution in [3.05, 3.63) is 61.8 Å². The maximum absolute atomic E-state index is 12.5. The Morgan fingerprint density at radius 3 is 2.75 bits per heavy atom. The lowest BCUT2D eigenvalue weighted by molar-refractivity contribution is 0.240. The summed E-state index contributed by atoms with van der Waals surface area (Å²) in [5, 5.41) is 0.788. The average Bonchev–Trinajstić information content (AvgIpc) is 2.50. The van der Waals surface area contributed by atoms with Gasteiger partial charge in [0, 0.05) is 36.5 Å². The summed E-state index contributed by atoms with van der Waals surface area (Å²) in [5.41, 5.74) is 3.89. The molecule has 0 unspecified atom stereocenters. The van der Waals surface area contributed by atoms with E-state index < -0.39 is 0 Å². The third kappa shape index (κ3) is 3.40. The van der Waals surface area contributed by atoms with Crippen LogP contribution in [0.3, 0.4) is 0 Å². The van der Waals surface area contributed by atoms with Crippen LogP contribution in [0.5, 0.6) is 0 Å². The Hall–Kier alpha value is -1.65. The summed E-state index contributed by atoms with van der Waals surface area (Å²) in [6.07, 6.45) is 0.797. The Labute approximate surface area is 147 Å². The van der Waals surface area contributed by atoms with Crippen molar-refractivity contribution in [3.63, 3.8) is 0 Å². The molecule has 4 nitrogen and oxygen atoms in total. The summed E-state index contributed by atoms with van der Waals surface area (Å²) in [7, 11) is 0. The van der Waals surface area contributed by atoms with Crippen LogP contribution in [0.15, 0.2) is 23.0 Å². The largest absolute Gasteiger partial charge is 0.310 e. The molecule has 0 radical (unpaired) electrons. The first-order valence-electron chi connectivity index (χ1n) is 8.34. The van der Waals surface area contributed by atoms with Crippen LogP contribution in [0, 0.1) is 6.92 Å². The van der Waals surface area contributed by atoms with Crippen molar-refractivity contribution in [2.45, 2.75) is 52.6 Å². The second kappa shape index (κ2) is 6.34. The van der Waals surface area contributed by atoms with Gasteiger partial charge < -0.3 is 4.98 Å². The van der Waals surface area contributed by atoms with E-state index in [2.05, 4.69) is 43.6 Å². The fraction of sp³-hybridized carbons (Fsp3) is 0.474. The summed E-state index contributed by atoms with van der Waals surface area (Å²) >= 11 is 6.34. The van der Waals surface area contributed by atoms with Gasteiger partial charge in [-0.1, -0.05) is 44.5 Å². The molecule has 1 aliphatic heterocycles. The molecule has 0 saturated heterocycles. The van der Waals surface area contributed by atoms with Gasteiger partial charge in [-0.15, -0.1) is 0 Å². The van der Waals surface area contributed by atoms with E-state index in [1.807, 2.05) is 12.1 Å². The molecule has 3 rings (SSSR count). The molecule has 1 aliphatic rings. The van der Waals surface area contributed by atoms with E-state index in [1.54, 1.807) is 0 Å². The highest BCUT2D eigenvalue weighted by atomic mass is 35.5. The molecule has 0 spiro atoms. The van der Waals surface area contributed by atoms with E-state index >= 15 is 0 Å². The van der Waals surface area contributed by atoms with Crippen LogP contribution in [0.25, 0.3) is 0 Å². The number of aryl methyl sites for hydroxylation is 1. The van der Waals surface area contributed by atoms with Crippen molar-refractivity contribution < 1.29 is 0 Å². The molecule has 2 aromatic rings. The zero-order valence-electron chi connectivity index (χ0n) is 14.7. The van der Waals surface area contributed by atoms with Crippen molar-refractivity contribution in [3.8, 4) is 0 Å². The van der Waals surface area contributed by atoms with Gasteiger partial charge in [0.1, 0.15) is 5.82 Å². The number of benzene rings is 1. The maximum Gasteiger partial charge on any atom is 0.255 e. The number of rotatable bonds is 2. The van der Waals surface area contributed by atoms with Gasteiger partial charge in [-0.05, 0) is 24.1 Å². The van der Waals surface area contributed by atoms with Crippen LogP contribution < -0.4 is 5.56 Å². The molecule has 0 bridgehead atoms. The Morgan fingerprint density at radius 1 is 1.33 bits per heavy atom. The second-order valence-corrected chi connectivity index (χ2v) is 7.99. The summed E-state index contributed by atoms with van der Waals surface area (Å²) < 4.78 is 0. The lowest BCUT2D eigenvalue weighted by Gasteiger charge is -2.29. The lowest BCUT2D eigenvalue weighted by Crippen LogP contribution is -2.37. The van der Waals surface area contributed by atoms with Crippen LogP contribution in [-0.4, -0.2) is 21.4 Å². The number of aromatic amines is 1. The van der Waals surface area contributed by atoms with E-state index in [0.717, 1.165) is 47.2 Å². The van der Waals surface area contributed by atoms with Gasteiger partial charge in [0.2, 0.25) is 0 Å². The van der Waals surface area contributed by atoms with E-state index in [1.165, 1.54) is 5.56 Å². The molecule has 1 N–H and O–H groups in total. The number of H-pyrrole nitrogens is 1. The minimum Gasteiger partial charge on any atom is -0.310 e. The molecule has 1 aromatic heterocycles. The average molecular weight is 346 g/mol. The summed E-state index contributed by atoms with van der Waals surface area (Å²) in [6, 6.07) is 5.96. The number of halogens is 1. The summed E-state index contributed by atoms with van der Waals surface area (Å²) in [6.45, 7) is 10.5. The highest BCUT2D eigenvalue weighted by Gasteiger charge is 2.25. The van der Waals surface area contributed by atoms with Crippen LogP contribution in [0.1, 0.15) is 49.0 Å². The van der Waals surface area contributed by atoms with Gasteiger partial charge in [0.15, 0.2) is 0 Å². The minimum absolute atomic E-state index is 0.00879. The first kappa shape index (κ1) is 17.2. The molecule has 5 heteroatoms. The Morgan fingerprint density at radius 2 is 2.08 bits per heavy atom. The van der Waals surface area contributed by atoms with Crippen LogP contribution in [0.2, 0.25) is 5.02 Å². The molecular formula is C19H24ClN3O. The number of aromatic nitrogens is 2. The Balaban J connectivity index is 1.86. The number of fused-ring (bicyclic) bond motifs is 1. The van der Waals surface area contributed by atoms with Crippen LogP contribution in [0.4, 0.5) is 0 Å². The molecule has 0 fully saturated rings. The van der Waals surface area contributed by atoms with Crippen molar-refractivity contribution in [2.75, 3.05) is 6.54 Å². The van der Waals surface area contributed by atoms with E-state index in [9.17, 15) is 4.79 Å². The molecule has 0 atom stereocenters. The van der Waals surface area contributed by atoms with Crippen LogP contribution in [-0.2, 0) is 24.9 Å². The molecule has 24 heavy (non-hydrogen) atoms. The maximum atomic E-state index is 12.5. The zero-order valence-corrected chi connectivity index (χ0v) is 15.5. The predicted octanol–water partition coefficient (Wildman–Crippen LogP) is 3.59. The predicted molar refractivity (Wildman–Crippen MR) is 97.6 cm³/mol. The molecule has 0 saturated carbocycles. The Kier molecular flexibility index (Phi) is 4.54. The quantitative estimate of drug-likeness (QED) is 0.904. The van der Waals surface area contributed by atoms with Crippen molar-refractivity contribution in [2.24, 2.45) is 0 Å². The summed E-state index contributed by atoms with van der Waals surface area (Å²) in [5.74, 6) is 0.765. The fourth-order valence-electron chi connectivity index (χ4n) is 3.06. The SMILES string of the molecule is Cc1cccc(Cl)c1CN1CCc2nc(C(C)(C)C)[nH]c(=O)c2C1. The molecule has 1 aromatic carbocycles. The normalized spacial score (nSPS) is 15.4. The van der Waals surface area contributed by atoms with Crippen LogP contribution >= 0.6 is 11.6 Å². The van der Waals surface area contributed by atoms with Gasteiger partial charge in [0.05, 0.1) is 11.3 Å². The highest BCUT2D eigenvalue weighted by molar-refractivity contribution is 6.31. The Bertz CT molecular complexity index is 800. The molecule has 2 heterocycles. The van der Waals surface area contributed by atoms with E-state index in [0.29, 0.717) is 6.54 Å². The van der Waals surface area contributed by atoms with E-state index in [4.69, 9.17) is 16.6 Å². The van der Waals surface area contributed by atoms with Gasteiger partial charge in [0.25, 0.3) is 5.56 Å². The minimum atomic E-state index is -0.153. The second-order valence-electron chi connectivity index (χ2n) is 7.59. The van der Waals surface area contributed by atoms with Crippen molar-refractivity contribution in [1.29, 1.82) is 0 Å². The van der Waals surface area contributed by atoms with Crippen molar-refractivity contribution >= 4 is 11.6 Å². The first-order valence-corrected chi connectivity index (χ1v) is 8.72. The topological polar surface area (TPSA) is 49.0 Å². The number of hydrogen-bond acceptors (Lipinski definition) is 3. The van der Waals surface area contributed by atoms with Gasteiger partial charge >= 0.3 is 0 Å². The van der Waals surface area contributed by atoms with Gasteiger partial charge in [-0.3, -0.25) is 9.69 Å². The molecule has 0 aliphatic carbocycles. The molecular weight excluding hydrogens is 322 g/mol. The highest BCUT2D eigenvalue weighted by Crippen LogP contribution is 2.25. The third-order valence-electron chi connectivity index (χ3n) is 4.59. The third-order valence-corrected chi connectivity index (χ3v) is 4.95.